The second kappa shape index (κ2) is 8.75. The van der Waals surface area contributed by atoms with Crippen molar-refractivity contribution in [3.8, 4) is 0 Å². The lowest BCUT2D eigenvalue weighted by Crippen LogP contribution is -2.47. The Bertz CT molecular complexity index is 937. The van der Waals surface area contributed by atoms with Gasteiger partial charge in [0.25, 0.3) is 11.6 Å². The van der Waals surface area contributed by atoms with E-state index in [2.05, 4.69) is 10.6 Å². The maximum atomic E-state index is 13.7. The van der Waals surface area contributed by atoms with E-state index in [1.807, 2.05) is 0 Å². The smallest absolute Gasteiger partial charge is 0.288 e. The minimum atomic E-state index is -1.08. The van der Waals surface area contributed by atoms with E-state index < -0.39 is 46.0 Å². The molecule has 2 aromatic rings. The first kappa shape index (κ1) is 21.2. The summed E-state index contributed by atoms with van der Waals surface area (Å²) in [6.07, 6.45) is 0. The summed E-state index contributed by atoms with van der Waals surface area (Å²) in [5.74, 6) is -3.62. The van der Waals surface area contributed by atoms with Gasteiger partial charge in [0, 0.05) is 17.7 Å². The number of nitro benzene ring substituents is 1. The Morgan fingerprint density at radius 3 is 2.39 bits per heavy atom. The molecule has 0 radical (unpaired) electrons. The molecule has 2 aromatic carbocycles. The fraction of sp³-hybridized carbons (Fsp3) is 0.222. The third-order valence-corrected chi connectivity index (χ3v) is 4.15. The summed E-state index contributed by atoms with van der Waals surface area (Å²) in [6, 6.07) is 5.05. The van der Waals surface area contributed by atoms with Crippen molar-refractivity contribution in [2.24, 2.45) is 5.92 Å². The number of halogens is 3. The van der Waals surface area contributed by atoms with Crippen molar-refractivity contribution < 1.29 is 23.3 Å². The highest BCUT2D eigenvalue weighted by Gasteiger charge is 2.26. The van der Waals surface area contributed by atoms with Gasteiger partial charge in [-0.1, -0.05) is 25.4 Å². The second-order valence-electron chi connectivity index (χ2n) is 6.23. The van der Waals surface area contributed by atoms with E-state index in [1.54, 1.807) is 13.8 Å². The molecular weight excluding hydrogens is 396 g/mol. The van der Waals surface area contributed by atoms with Gasteiger partial charge in [-0.3, -0.25) is 19.7 Å². The van der Waals surface area contributed by atoms with Crippen LogP contribution in [0.1, 0.15) is 24.2 Å². The summed E-state index contributed by atoms with van der Waals surface area (Å²) < 4.78 is 26.7. The van der Waals surface area contributed by atoms with Crippen LogP contribution in [-0.4, -0.2) is 22.8 Å². The molecule has 0 aliphatic heterocycles. The lowest BCUT2D eigenvalue weighted by atomic mass is 10.0. The molecule has 148 valence electrons. The van der Waals surface area contributed by atoms with Gasteiger partial charge in [-0.15, -0.1) is 0 Å². The topological polar surface area (TPSA) is 101 Å². The molecule has 0 heterocycles. The van der Waals surface area contributed by atoms with E-state index in [0.29, 0.717) is 6.07 Å². The predicted octanol–water partition coefficient (Wildman–Crippen LogP) is 3.92. The highest BCUT2D eigenvalue weighted by molar-refractivity contribution is 6.32. The van der Waals surface area contributed by atoms with Gasteiger partial charge in [-0.2, -0.15) is 0 Å². The van der Waals surface area contributed by atoms with Gasteiger partial charge >= 0.3 is 0 Å². The Morgan fingerprint density at radius 2 is 1.82 bits per heavy atom. The van der Waals surface area contributed by atoms with Crippen LogP contribution in [0.4, 0.5) is 20.2 Å². The number of hydrogen-bond donors (Lipinski definition) is 2. The third-order valence-electron chi connectivity index (χ3n) is 3.83. The Balaban J connectivity index is 2.20. The van der Waals surface area contributed by atoms with Crippen LogP contribution < -0.4 is 10.6 Å². The number of nitrogens with one attached hydrogen (secondary N) is 2. The van der Waals surface area contributed by atoms with Crippen molar-refractivity contribution in [1.82, 2.24) is 5.32 Å². The number of benzene rings is 2. The second-order valence-corrected chi connectivity index (χ2v) is 6.64. The summed E-state index contributed by atoms with van der Waals surface area (Å²) in [5.41, 5.74) is -0.760. The Labute approximate surface area is 163 Å². The van der Waals surface area contributed by atoms with Crippen LogP contribution in [0.5, 0.6) is 0 Å². The van der Waals surface area contributed by atoms with Gasteiger partial charge in [0.15, 0.2) is 0 Å². The summed E-state index contributed by atoms with van der Waals surface area (Å²) in [5, 5.41) is 15.6. The molecule has 0 aliphatic carbocycles. The van der Waals surface area contributed by atoms with Crippen LogP contribution in [0, 0.1) is 27.7 Å². The van der Waals surface area contributed by atoms with E-state index in [1.165, 1.54) is 12.1 Å². The van der Waals surface area contributed by atoms with Gasteiger partial charge in [-0.05, 0) is 30.2 Å². The highest BCUT2D eigenvalue weighted by atomic mass is 35.5. The van der Waals surface area contributed by atoms with Crippen LogP contribution in [0.15, 0.2) is 36.4 Å². The van der Waals surface area contributed by atoms with Crippen molar-refractivity contribution in [3.63, 3.8) is 0 Å². The summed E-state index contributed by atoms with van der Waals surface area (Å²) >= 11 is 5.72. The van der Waals surface area contributed by atoms with Crippen molar-refractivity contribution in [1.29, 1.82) is 0 Å². The Hall–Kier alpha value is -3.07. The quantitative estimate of drug-likeness (QED) is 0.555. The molecule has 0 fully saturated rings. The molecule has 0 aliphatic rings. The number of carbonyl (C=O) groups excluding carboxylic acids is 2. The number of anilines is 1. The third kappa shape index (κ3) is 5.01. The Kier molecular flexibility index (Phi) is 6.63. The van der Waals surface area contributed by atoms with Crippen LogP contribution in [0.3, 0.4) is 0 Å². The lowest BCUT2D eigenvalue weighted by molar-refractivity contribution is -0.384. The van der Waals surface area contributed by atoms with Crippen molar-refractivity contribution >= 4 is 34.8 Å². The normalized spacial score (nSPS) is 11.8. The molecule has 2 amide bonds. The standard InChI is InChI=1S/C18H16ClF2N3O4/c1-9(2)16(18(26)22-14-6-4-11(20)8-13(14)21)23-17(25)10-3-5-12(19)15(7-10)24(27)28/h3-9,16H,1-2H3,(H,22,26)(H,23,25)/t16-/m0/s1. The molecule has 1 atom stereocenters. The van der Waals surface area contributed by atoms with Crippen LogP contribution in [0.25, 0.3) is 0 Å². The molecule has 0 unspecified atom stereocenters. The van der Waals surface area contributed by atoms with Gasteiger partial charge in [0.05, 0.1) is 10.6 Å². The van der Waals surface area contributed by atoms with E-state index in [4.69, 9.17) is 11.6 Å². The van der Waals surface area contributed by atoms with Crippen molar-refractivity contribution in [2.75, 3.05) is 5.32 Å². The molecule has 0 saturated heterocycles. The molecule has 10 heteroatoms. The van der Waals surface area contributed by atoms with Crippen LogP contribution >= 0.6 is 11.6 Å². The monoisotopic (exact) mass is 411 g/mol. The van der Waals surface area contributed by atoms with E-state index in [0.717, 1.165) is 18.2 Å². The van der Waals surface area contributed by atoms with Crippen molar-refractivity contribution in [3.05, 3.63) is 68.7 Å². The zero-order valence-corrected chi connectivity index (χ0v) is 15.6. The first-order valence-corrected chi connectivity index (χ1v) is 8.48. The van der Waals surface area contributed by atoms with Crippen LogP contribution in [0.2, 0.25) is 5.02 Å². The molecule has 0 bridgehead atoms. The summed E-state index contributed by atoms with van der Waals surface area (Å²) in [4.78, 5) is 35.1. The average molecular weight is 412 g/mol. The lowest BCUT2D eigenvalue weighted by Gasteiger charge is -2.22. The van der Waals surface area contributed by atoms with E-state index in [-0.39, 0.29) is 16.3 Å². The molecule has 28 heavy (non-hydrogen) atoms. The van der Waals surface area contributed by atoms with Gasteiger partial charge in [0.1, 0.15) is 22.7 Å². The van der Waals surface area contributed by atoms with Gasteiger partial charge in [0.2, 0.25) is 5.91 Å². The number of nitro groups is 1. The number of carbonyl (C=O) groups is 2. The Morgan fingerprint density at radius 1 is 1.14 bits per heavy atom. The largest absolute Gasteiger partial charge is 0.340 e. The van der Waals surface area contributed by atoms with Crippen molar-refractivity contribution in [2.45, 2.75) is 19.9 Å². The van der Waals surface area contributed by atoms with Crippen LogP contribution in [-0.2, 0) is 4.79 Å². The zero-order valence-electron chi connectivity index (χ0n) is 14.8. The number of hydrogen-bond acceptors (Lipinski definition) is 4. The van der Waals surface area contributed by atoms with E-state index >= 15 is 0 Å². The summed E-state index contributed by atoms with van der Waals surface area (Å²) in [7, 11) is 0. The van der Waals surface area contributed by atoms with E-state index in [9.17, 15) is 28.5 Å². The SMILES string of the molecule is CC(C)[C@H](NC(=O)c1ccc(Cl)c([N+](=O)[O-])c1)C(=O)Nc1ccc(F)cc1F. The van der Waals surface area contributed by atoms with Gasteiger partial charge in [-0.25, -0.2) is 8.78 Å². The fourth-order valence-electron chi connectivity index (χ4n) is 2.35. The zero-order chi connectivity index (χ0) is 21.0. The maximum Gasteiger partial charge on any atom is 0.288 e. The predicted molar refractivity (Wildman–Crippen MR) is 99.2 cm³/mol. The first-order chi connectivity index (χ1) is 13.1. The fourth-order valence-corrected chi connectivity index (χ4v) is 2.54. The molecule has 2 N–H and O–H groups in total. The molecule has 0 aromatic heterocycles. The molecule has 0 spiro atoms. The number of nitrogens with zero attached hydrogens (tertiary/aromatic N) is 1. The van der Waals surface area contributed by atoms with Gasteiger partial charge < -0.3 is 10.6 Å². The maximum absolute atomic E-state index is 13.7. The summed E-state index contributed by atoms with van der Waals surface area (Å²) in [6.45, 7) is 3.30. The average Bonchev–Trinajstić information content (AvgIpc) is 2.61. The minimum absolute atomic E-state index is 0.0671. The molecule has 7 nitrogen and oxygen atoms in total. The first-order valence-electron chi connectivity index (χ1n) is 8.11. The number of rotatable bonds is 6. The molecular formula is C18H16ClF2N3O4. The molecule has 0 saturated carbocycles. The minimum Gasteiger partial charge on any atom is -0.340 e. The highest BCUT2D eigenvalue weighted by Crippen LogP contribution is 2.25. The molecule has 2 rings (SSSR count). The number of amides is 2.